The molecule has 0 aromatic carbocycles. The molecule has 2 heteroatoms. The van der Waals surface area contributed by atoms with Crippen LogP contribution < -0.4 is 0 Å². The highest BCUT2D eigenvalue weighted by atomic mass is 16.5. The van der Waals surface area contributed by atoms with Crippen LogP contribution in [-0.4, -0.2) is 12.1 Å². The van der Waals surface area contributed by atoms with E-state index in [4.69, 9.17) is 4.74 Å². The van der Waals surface area contributed by atoms with Crippen molar-refractivity contribution in [1.82, 2.24) is 0 Å². The van der Waals surface area contributed by atoms with Crippen molar-refractivity contribution in [2.24, 2.45) is 5.92 Å². The molecule has 96 valence electrons. The Labute approximate surface area is 101 Å². The minimum absolute atomic E-state index is 0.0308. The molecule has 0 aromatic heterocycles. The maximum absolute atomic E-state index is 11.4. The Bertz CT molecular complexity index is 176. The zero-order valence-electron chi connectivity index (χ0n) is 11.4. The van der Waals surface area contributed by atoms with Crippen LogP contribution in [0.1, 0.15) is 72.6 Å². The summed E-state index contributed by atoms with van der Waals surface area (Å²) in [5.41, 5.74) is 0. The minimum Gasteiger partial charge on any atom is -0.462 e. The number of carbonyl (C=O) groups excluding carboxylic acids is 1. The summed E-state index contributed by atoms with van der Waals surface area (Å²) in [4.78, 5) is 11.4. The Morgan fingerprint density at radius 2 is 1.75 bits per heavy atom. The number of rotatable bonds is 9. The second kappa shape index (κ2) is 9.68. The fraction of sp³-hybridized carbons (Fsp3) is 0.929. The van der Waals surface area contributed by atoms with Crippen molar-refractivity contribution >= 4 is 5.97 Å². The molecule has 0 radical (unpaired) electrons. The molecule has 0 spiro atoms. The van der Waals surface area contributed by atoms with Crippen LogP contribution in [-0.2, 0) is 9.53 Å². The van der Waals surface area contributed by atoms with Crippen LogP contribution in [0.2, 0.25) is 0 Å². The van der Waals surface area contributed by atoms with Gasteiger partial charge in [-0.05, 0) is 25.2 Å². The van der Waals surface area contributed by atoms with Crippen LogP contribution in [0.4, 0.5) is 0 Å². The molecule has 0 heterocycles. The van der Waals surface area contributed by atoms with Crippen molar-refractivity contribution < 1.29 is 9.53 Å². The molecule has 0 aliphatic carbocycles. The van der Waals surface area contributed by atoms with Gasteiger partial charge in [-0.1, -0.05) is 47.0 Å². The van der Waals surface area contributed by atoms with Gasteiger partial charge < -0.3 is 4.74 Å². The lowest BCUT2D eigenvalue weighted by atomic mass is 10.0. The van der Waals surface area contributed by atoms with Gasteiger partial charge in [0.15, 0.2) is 0 Å². The fourth-order valence-electron chi connectivity index (χ4n) is 1.73. The molecule has 0 saturated carbocycles. The van der Waals surface area contributed by atoms with Crippen molar-refractivity contribution in [3.05, 3.63) is 0 Å². The molecule has 1 unspecified atom stereocenters. The number of hydrogen-bond acceptors (Lipinski definition) is 2. The van der Waals surface area contributed by atoms with E-state index in [2.05, 4.69) is 20.8 Å². The monoisotopic (exact) mass is 228 g/mol. The second-order valence-electron chi connectivity index (χ2n) is 4.87. The van der Waals surface area contributed by atoms with E-state index in [1.807, 2.05) is 6.92 Å². The van der Waals surface area contributed by atoms with Gasteiger partial charge in [-0.25, -0.2) is 0 Å². The lowest BCUT2D eigenvalue weighted by Gasteiger charge is -2.21. The summed E-state index contributed by atoms with van der Waals surface area (Å²) >= 11 is 0. The molecular formula is C14H28O2. The summed E-state index contributed by atoms with van der Waals surface area (Å²) < 4.78 is 5.49. The standard InChI is InChI=1S/C14H28O2/c1-5-7-8-9-11-13(12(3)4)16-14(15)10-6-2/h12-13H,5-11H2,1-4H3. The molecule has 16 heavy (non-hydrogen) atoms. The summed E-state index contributed by atoms with van der Waals surface area (Å²) in [6, 6.07) is 0. The van der Waals surface area contributed by atoms with Gasteiger partial charge in [0.2, 0.25) is 0 Å². The van der Waals surface area contributed by atoms with Crippen LogP contribution in [0.5, 0.6) is 0 Å². The Morgan fingerprint density at radius 1 is 1.06 bits per heavy atom. The quantitative estimate of drug-likeness (QED) is 0.434. The van der Waals surface area contributed by atoms with Crippen LogP contribution in [0.25, 0.3) is 0 Å². The summed E-state index contributed by atoms with van der Waals surface area (Å²) in [5, 5.41) is 0. The lowest BCUT2D eigenvalue weighted by molar-refractivity contribution is -0.151. The van der Waals surface area contributed by atoms with Crippen LogP contribution in [0, 0.1) is 5.92 Å². The Balaban J connectivity index is 3.83. The highest BCUT2D eigenvalue weighted by Gasteiger charge is 2.17. The number of carbonyl (C=O) groups is 1. The molecule has 0 N–H and O–H groups in total. The third kappa shape index (κ3) is 7.72. The highest BCUT2D eigenvalue weighted by Crippen LogP contribution is 2.16. The SMILES string of the molecule is CCCCCCC(OC(=O)CCC)C(C)C. The summed E-state index contributed by atoms with van der Waals surface area (Å²) in [6.07, 6.45) is 7.54. The average Bonchev–Trinajstić information content (AvgIpc) is 2.22. The summed E-state index contributed by atoms with van der Waals surface area (Å²) in [7, 11) is 0. The predicted octanol–water partition coefficient (Wildman–Crippen LogP) is 4.32. The van der Waals surface area contributed by atoms with Gasteiger partial charge in [-0.2, -0.15) is 0 Å². The molecule has 0 aliphatic heterocycles. The Morgan fingerprint density at radius 3 is 2.25 bits per heavy atom. The molecule has 0 aromatic rings. The van der Waals surface area contributed by atoms with Crippen LogP contribution >= 0.6 is 0 Å². The van der Waals surface area contributed by atoms with E-state index in [9.17, 15) is 4.79 Å². The molecule has 0 amide bonds. The molecule has 0 bridgehead atoms. The molecule has 2 nitrogen and oxygen atoms in total. The first kappa shape index (κ1) is 15.5. The topological polar surface area (TPSA) is 26.3 Å². The van der Waals surface area contributed by atoms with E-state index in [-0.39, 0.29) is 12.1 Å². The number of hydrogen-bond donors (Lipinski definition) is 0. The van der Waals surface area contributed by atoms with Gasteiger partial charge in [0, 0.05) is 6.42 Å². The zero-order chi connectivity index (χ0) is 12.4. The maximum Gasteiger partial charge on any atom is 0.306 e. The normalized spacial score (nSPS) is 12.8. The smallest absolute Gasteiger partial charge is 0.306 e. The first-order valence-electron chi connectivity index (χ1n) is 6.81. The minimum atomic E-state index is -0.0308. The van der Waals surface area contributed by atoms with E-state index in [0.717, 1.165) is 12.8 Å². The maximum atomic E-state index is 11.4. The van der Waals surface area contributed by atoms with E-state index < -0.39 is 0 Å². The summed E-state index contributed by atoms with van der Waals surface area (Å²) in [6.45, 7) is 8.47. The van der Waals surface area contributed by atoms with E-state index in [0.29, 0.717) is 12.3 Å². The molecule has 0 rings (SSSR count). The Hall–Kier alpha value is -0.530. The second-order valence-corrected chi connectivity index (χ2v) is 4.87. The average molecular weight is 228 g/mol. The van der Waals surface area contributed by atoms with E-state index >= 15 is 0 Å². The predicted molar refractivity (Wildman–Crippen MR) is 68.4 cm³/mol. The number of esters is 1. The molecule has 0 saturated heterocycles. The van der Waals surface area contributed by atoms with Crippen LogP contribution in [0.15, 0.2) is 0 Å². The zero-order valence-corrected chi connectivity index (χ0v) is 11.4. The molecular weight excluding hydrogens is 200 g/mol. The lowest BCUT2D eigenvalue weighted by Crippen LogP contribution is -2.23. The third-order valence-electron chi connectivity index (χ3n) is 2.82. The first-order valence-corrected chi connectivity index (χ1v) is 6.81. The van der Waals surface area contributed by atoms with Gasteiger partial charge in [0.05, 0.1) is 0 Å². The largest absolute Gasteiger partial charge is 0.462 e. The fourth-order valence-corrected chi connectivity index (χ4v) is 1.73. The van der Waals surface area contributed by atoms with Crippen molar-refractivity contribution in [3.8, 4) is 0 Å². The molecule has 0 aliphatic rings. The van der Waals surface area contributed by atoms with Gasteiger partial charge >= 0.3 is 5.97 Å². The van der Waals surface area contributed by atoms with E-state index in [1.165, 1.54) is 25.7 Å². The molecule has 0 fully saturated rings. The van der Waals surface area contributed by atoms with Crippen molar-refractivity contribution in [2.75, 3.05) is 0 Å². The van der Waals surface area contributed by atoms with Crippen molar-refractivity contribution in [3.63, 3.8) is 0 Å². The third-order valence-corrected chi connectivity index (χ3v) is 2.82. The highest BCUT2D eigenvalue weighted by molar-refractivity contribution is 5.69. The van der Waals surface area contributed by atoms with Crippen molar-refractivity contribution in [2.45, 2.75) is 78.7 Å². The Kier molecular flexibility index (Phi) is 9.36. The summed E-state index contributed by atoms with van der Waals surface area (Å²) in [5.74, 6) is 0.402. The van der Waals surface area contributed by atoms with Gasteiger partial charge in [-0.15, -0.1) is 0 Å². The van der Waals surface area contributed by atoms with Gasteiger partial charge in [0.25, 0.3) is 0 Å². The van der Waals surface area contributed by atoms with Crippen LogP contribution in [0.3, 0.4) is 0 Å². The van der Waals surface area contributed by atoms with E-state index in [1.54, 1.807) is 0 Å². The molecule has 1 atom stereocenters. The number of ether oxygens (including phenoxy) is 1. The van der Waals surface area contributed by atoms with Gasteiger partial charge in [-0.3, -0.25) is 4.79 Å². The first-order chi connectivity index (χ1) is 7.61. The van der Waals surface area contributed by atoms with Gasteiger partial charge in [0.1, 0.15) is 6.10 Å². The van der Waals surface area contributed by atoms with Crippen molar-refractivity contribution in [1.29, 1.82) is 0 Å². The number of unbranched alkanes of at least 4 members (excludes halogenated alkanes) is 3.